The van der Waals surface area contributed by atoms with Crippen molar-refractivity contribution in [3.05, 3.63) is 101 Å². The SMILES string of the molecule is NC(=O)c1ccccc1OCc1cccc(C(=O)NCC2CCCCN2Cc2ccccc2)c1. The fourth-order valence-corrected chi connectivity index (χ4v) is 4.39. The molecule has 0 saturated carbocycles. The maximum Gasteiger partial charge on any atom is 0.252 e. The zero-order valence-electron chi connectivity index (χ0n) is 19.3. The first-order chi connectivity index (χ1) is 16.6. The van der Waals surface area contributed by atoms with Crippen LogP contribution < -0.4 is 15.8 Å². The zero-order valence-corrected chi connectivity index (χ0v) is 19.3. The summed E-state index contributed by atoms with van der Waals surface area (Å²) in [4.78, 5) is 27.0. The van der Waals surface area contributed by atoms with Gasteiger partial charge in [-0.2, -0.15) is 0 Å². The molecule has 1 atom stereocenters. The van der Waals surface area contributed by atoms with Crippen molar-refractivity contribution in [2.24, 2.45) is 5.73 Å². The Kier molecular flexibility index (Phi) is 7.94. The van der Waals surface area contributed by atoms with Crippen LogP contribution in [0.15, 0.2) is 78.9 Å². The van der Waals surface area contributed by atoms with Crippen molar-refractivity contribution in [1.29, 1.82) is 0 Å². The average Bonchev–Trinajstić information content (AvgIpc) is 2.87. The molecule has 1 saturated heterocycles. The normalized spacial score (nSPS) is 16.1. The van der Waals surface area contributed by atoms with Gasteiger partial charge in [0.25, 0.3) is 11.8 Å². The van der Waals surface area contributed by atoms with E-state index in [4.69, 9.17) is 10.5 Å². The molecule has 176 valence electrons. The predicted molar refractivity (Wildman–Crippen MR) is 133 cm³/mol. The molecule has 6 nitrogen and oxygen atoms in total. The minimum Gasteiger partial charge on any atom is -0.488 e. The van der Waals surface area contributed by atoms with Crippen molar-refractivity contribution in [2.75, 3.05) is 13.1 Å². The van der Waals surface area contributed by atoms with Crippen molar-refractivity contribution in [1.82, 2.24) is 10.2 Å². The van der Waals surface area contributed by atoms with Gasteiger partial charge in [0.1, 0.15) is 12.4 Å². The van der Waals surface area contributed by atoms with Crippen LogP contribution in [0.4, 0.5) is 0 Å². The lowest BCUT2D eigenvalue weighted by Gasteiger charge is -2.36. The van der Waals surface area contributed by atoms with Gasteiger partial charge in [0, 0.05) is 24.7 Å². The van der Waals surface area contributed by atoms with Crippen LogP contribution in [0, 0.1) is 0 Å². The molecule has 1 aliphatic rings. The summed E-state index contributed by atoms with van der Waals surface area (Å²) in [5.41, 5.74) is 8.49. The molecule has 0 radical (unpaired) electrons. The second-order valence-corrected chi connectivity index (χ2v) is 8.67. The Hall–Kier alpha value is -3.64. The van der Waals surface area contributed by atoms with E-state index in [-0.39, 0.29) is 12.5 Å². The number of rotatable bonds is 9. The van der Waals surface area contributed by atoms with Crippen LogP contribution in [0.2, 0.25) is 0 Å². The van der Waals surface area contributed by atoms with E-state index in [1.807, 2.05) is 24.3 Å². The molecular formula is C28H31N3O3. The van der Waals surface area contributed by atoms with Gasteiger partial charge in [-0.1, -0.05) is 61.0 Å². The van der Waals surface area contributed by atoms with Crippen molar-refractivity contribution >= 4 is 11.8 Å². The van der Waals surface area contributed by atoms with Gasteiger partial charge in [0.2, 0.25) is 0 Å². The first-order valence-electron chi connectivity index (χ1n) is 11.8. The van der Waals surface area contributed by atoms with Crippen LogP contribution in [0.3, 0.4) is 0 Å². The van der Waals surface area contributed by atoms with Crippen molar-refractivity contribution in [3.8, 4) is 5.75 Å². The lowest BCUT2D eigenvalue weighted by Crippen LogP contribution is -2.46. The van der Waals surface area contributed by atoms with Gasteiger partial charge < -0.3 is 15.8 Å². The van der Waals surface area contributed by atoms with Gasteiger partial charge in [-0.15, -0.1) is 0 Å². The van der Waals surface area contributed by atoms with Gasteiger partial charge >= 0.3 is 0 Å². The number of para-hydroxylation sites is 1. The van der Waals surface area contributed by atoms with E-state index in [9.17, 15) is 9.59 Å². The summed E-state index contributed by atoms with van der Waals surface area (Å²) >= 11 is 0. The number of benzene rings is 3. The van der Waals surface area contributed by atoms with Crippen molar-refractivity contribution in [2.45, 2.75) is 38.5 Å². The van der Waals surface area contributed by atoms with E-state index < -0.39 is 5.91 Å². The molecule has 1 fully saturated rings. The van der Waals surface area contributed by atoms with Crippen LogP contribution >= 0.6 is 0 Å². The Balaban J connectivity index is 1.34. The number of likely N-dealkylation sites (tertiary alicyclic amines) is 1. The van der Waals surface area contributed by atoms with E-state index in [1.165, 1.54) is 18.4 Å². The highest BCUT2D eigenvalue weighted by molar-refractivity contribution is 5.95. The third-order valence-electron chi connectivity index (χ3n) is 6.21. The summed E-state index contributed by atoms with van der Waals surface area (Å²) in [7, 11) is 0. The number of carbonyl (C=O) groups is 2. The van der Waals surface area contributed by atoms with Crippen LogP contribution in [0.5, 0.6) is 5.75 Å². The first-order valence-corrected chi connectivity index (χ1v) is 11.8. The second-order valence-electron chi connectivity index (χ2n) is 8.67. The molecule has 34 heavy (non-hydrogen) atoms. The summed E-state index contributed by atoms with van der Waals surface area (Å²) in [5, 5.41) is 3.13. The number of piperidine rings is 1. The predicted octanol–water partition coefficient (Wildman–Crippen LogP) is 4.15. The van der Waals surface area contributed by atoms with E-state index in [1.54, 1.807) is 30.3 Å². The quantitative estimate of drug-likeness (QED) is 0.506. The molecule has 1 heterocycles. The summed E-state index contributed by atoms with van der Waals surface area (Å²) in [6, 6.07) is 25.0. The van der Waals surface area contributed by atoms with Crippen LogP contribution in [0.25, 0.3) is 0 Å². The maximum absolute atomic E-state index is 12.9. The summed E-state index contributed by atoms with van der Waals surface area (Å²) in [6.07, 6.45) is 3.46. The topological polar surface area (TPSA) is 84.7 Å². The molecule has 0 aromatic heterocycles. The largest absolute Gasteiger partial charge is 0.488 e. The molecule has 0 bridgehead atoms. The highest BCUT2D eigenvalue weighted by Crippen LogP contribution is 2.21. The minimum atomic E-state index is -0.534. The highest BCUT2D eigenvalue weighted by Gasteiger charge is 2.23. The molecule has 1 aliphatic heterocycles. The minimum absolute atomic E-state index is 0.0929. The Morgan fingerprint density at radius 3 is 2.53 bits per heavy atom. The van der Waals surface area contributed by atoms with Gasteiger partial charge in [0.05, 0.1) is 5.56 Å². The standard InChI is InChI=1S/C28H31N3O3/c29-27(32)25-14-4-5-15-26(25)34-20-22-11-8-12-23(17-22)28(33)30-18-24-13-6-7-16-31(24)19-21-9-2-1-3-10-21/h1-5,8-12,14-15,17,24H,6-7,13,16,18-20H2,(H2,29,32)(H,30,33). The smallest absolute Gasteiger partial charge is 0.252 e. The summed E-state index contributed by atoms with van der Waals surface area (Å²) in [5.74, 6) is -0.196. The number of ether oxygens (including phenoxy) is 1. The highest BCUT2D eigenvalue weighted by atomic mass is 16.5. The number of amides is 2. The number of carbonyl (C=O) groups excluding carboxylic acids is 2. The van der Waals surface area contributed by atoms with Gasteiger partial charge in [-0.25, -0.2) is 0 Å². The molecule has 4 rings (SSSR count). The Morgan fingerprint density at radius 1 is 0.941 bits per heavy atom. The molecular weight excluding hydrogens is 426 g/mol. The fraction of sp³-hybridized carbons (Fsp3) is 0.286. The number of nitrogens with two attached hydrogens (primary N) is 1. The molecule has 1 unspecified atom stereocenters. The zero-order chi connectivity index (χ0) is 23.8. The lowest BCUT2D eigenvalue weighted by atomic mass is 10.0. The van der Waals surface area contributed by atoms with E-state index in [0.29, 0.717) is 29.5 Å². The number of nitrogens with zero attached hydrogens (tertiary/aromatic N) is 1. The monoisotopic (exact) mass is 457 g/mol. The maximum atomic E-state index is 12.9. The van der Waals surface area contributed by atoms with E-state index in [0.717, 1.165) is 25.1 Å². The summed E-state index contributed by atoms with van der Waals surface area (Å²) in [6.45, 7) is 2.81. The van der Waals surface area contributed by atoms with Gasteiger partial charge in [0.15, 0.2) is 0 Å². The van der Waals surface area contributed by atoms with Crippen molar-refractivity contribution < 1.29 is 14.3 Å². The molecule has 3 N–H and O–H groups in total. The number of hydrogen-bond donors (Lipinski definition) is 2. The van der Waals surface area contributed by atoms with Crippen molar-refractivity contribution in [3.63, 3.8) is 0 Å². The average molecular weight is 458 g/mol. The lowest BCUT2D eigenvalue weighted by molar-refractivity contribution is 0.0907. The number of nitrogens with one attached hydrogen (secondary N) is 1. The molecule has 6 heteroatoms. The van der Waals surface area contributed by atoms with Crippen LogP contribution in [-0.2, 0) is 13.2 Å². The first kappa shape index (κ1) is 23.5. The third kappa shape index (κ3) is 6.23. The van der Waals surface area contributed by atoms with Gasteiger partial charge in [-0.05, 0) is 54.8 Å². The Bertz CT molecular complexity index is 1120. The Morgan fingerprint density at radius 2 is 1.71 bits per heavy atom. The van der Waals surface area contributed by atoms with E-state index >= 15 is 0 Å². The van der Waals surface area contributed by atoms with Crippen LogP contribution in [-0.4, -0.2) is 35.8 Å². The Labute approximate surface area is 200 Å². The molecule has 2 amide bonds. The number of hydrogen-bond acceptors (Lipinski definition) is 4. The molecule has 0 aliphatic carbocycles. The third-order valence-corrected chi connectivity index (χ3v) is 6.21. The number of primary amides is 1. The summed E-state index contributed by atoms with van der Waals surface area (Å²) < 4.78 is 5.81. The molecule has 3 aromatic carbocycles. The van der Waals surface area contributed by atoms with Crippen LogP contribution in [0.1, 0.15) is 51.1 Å². The van der Waals surface area contributed by atoms with E-state index in [2.05, 4.69) is 34.5 Å². The molecule has 0 spiro atoms. The second kappa shape index (κ2) is 11.5. The fourth-order valence-electron chi connectivity index (χ4n) is 4.39. The molecule has 3 aromatic rings. The van der Waals surface area contributed by atoms with Gasteiger partial charge in [-0.3, -0.25) is 14.5 Å².